The summed E-state index contributed by atoms with van der Waals surface area (Å²) in [4.78, 5) is 0. The molecule has 3 N–H and O–H groups in total. The van der Waals surface area contributed by atoms with E-state index in [1.807, 2.05) is 0 Å². The van der Waals surface area contributed by atoms with Crippen LogP contribution in [0.1, 0.15) is 31.2 Å². The van der Waals surface area contributed by atoms with Crippen molar-refractivity contribution in [1.29, 1.82) is 0 Å². The highest BCUT2D eigenvalue weighted by Gasteiger charge is 2.18. The van der Waals surface area contributed by atoms with E-state index < -0.39 is 0 Å². The number of hydrogen-bond donors (Lipinski definition) is 2. The van der Waals surface area contributed by atoms with Gasteiger partial charge in [-0.1, -0.05) is 18.2 Å². The molecule has 1 aromatic carbocycles. The Morgan fingerprint density at radius 3 is 2.47 bits per heavy atom. The molecule has 1 saturated carbocycles. The molecule has 0 atom stereocenters. The zero-order chi connectivity index (χ0) is 10.7. The normalized spacial score (nSPS) is 26.3. The van der Waals surface area contributed by atoms with Crippen molar-refractivity contribution in [3.8, 4) is 0 Å². The summed E-state index contributed by atoms with van der Waals surface area (Å²) in [6, 6.07) is 9.52. The maximum Gasteiger partial charge on any atom is 0.0372 e. The summed E-state index contributed by atoms with van der Waals surface area (Å²) >= 11 is 0. The highest BCUT2D eigenvalue weighted by atomic mass is 14.9. The van der Waals surface area contributed by atoms with Crippen molar-refractivity contribution < 1.29 is 0 Å². The highest BCUT2D eigenvalue weighted by Crippen LogP contribution is 2.22. The molecule has 0 aliphatic heterocycles. The smallest absolute Gasteiger partial charge is 0.0372 e. The molecule has 0 radical (unpaired) electrons. The van der Waals surface area contributed by atoms with Crippen molar-refractivity contribution in [2.24, 2.45) is 5.73 Å². The third-order valence-corrected chi connectivity index (χ3v) is 3.28. The molecule has 82 valence electrons. The minimum Gasteiger partial charge on any atom is -0.382 e. The Kier molecular flexibility index (Phi) is 3.27. The fourth-order valence-electron chi connectivity index (χ4n) is 2.22. The summed E-state index contributed by atoms with van der Waals surface area (Å²) in [5, 5.41) is 3.61. The molecule has 0 spiro atoms. The average Bonchev–Trinajstić information content (AvgIpc) is 2.25. The van der Waals surface area contributed by atoms with Gasteiger partial charge in [0.25, 0.3) is 0 Å². The highest BCUT2D eigenvalue weighted by molar-refractivity contribution is 5.50. The maximum absolute atomic E-state index is 5.89. The van der Waals surface area contributed by atoms with Gasteiger partial charge in [0, 0.05) is 17.8 Å². The van der Waals surface area contributed by atoms with E-state index in [0.717, 1.165) is 12.8 Å². The molecule has 2 nitrogen and oxygen atoms in total. The van der Waals surface area contributed by atoms with Gasteiger partial charge < -0.3 is 11.1 Å². The van der Waals surface area contributed by atoms with Crippen LogP contribution in [0.3, 0.4) is 0 Å². The first-order chi connectivity index (χ1) is 7.25. The Morgan fingerprint density at radius 2 is 1.80 bits per heavy atom. The van der Waals surface area contributed by atoms with Crippen LogP contribution in [0.15, 0.2) is 24.3 Å². The number of benzene rings is 1. The van der Waals surface area contributed by atoms with Crippen LogP contribution in [-0.2, 0) is 0 Å². The van der Waals surface area contributed by atoms with Crippen molar-refractivity contribution in [3.05, 3.63) is 29.8 Å². The predicted molar refractivity (Wildman–Crippen MR) is 65.0 cm³/mol. The number of aryl methyl sites for hydroxylation is 1. The Hall–Kier alpha value is -1.02. The first-order valence-corrected chi connectivity index (χ1v) is 5.83. The lowest BCUT2D eigenvalue weighted by Crippen LogP contribution is -2.32. The topological polar surface area (TPSA) is 38.0 Å². The van der Waals surface area contributed by atoms with Crippen LogP contribution < -0.4 is 11.1 Å². The minimum absolute atomic E-state index is 0.430. The van der Waals surface area contributed by atoms with Crippen LogP contribution >= 0.6 is 0 Å². The Morgan fingerprint density at radius 1 is 1.13 bits per heavy atom. The van der Waals surface area contributed by atoms with Gasteiger partial charge in [-0.05, 0) is 44.2 Å². The molecule has 2 heteroatoms. The summed E-state index contributed by atoms with van der Waals surface area (Å²) in [5.41, 5.74) is 8.49. The molecule has 0 amide bonds. The van der Waals surface area contributed by atoms with Gasteiger partial charge in [-0.15, -0.1) is 0 Å². The summed E-state index contributed by atoms with van der Waals surface area (Å²) < 4.78 is 0. The average molecular weight is 204 g/mol. The molecule has 0 bridgehead atoms. The first-order valence-electron chi connectivity index (χ1n) is 5.83. The van der Waals surface area contributed by atoms with Gasteiger partial charge in [-0.2, -0.15) is 0 Å². The second-order valence-corrected chi connectivity index (χ2v) is 4.57. The molecule has 0 aromatic heterocycles. The third kappa shape index (κ3) is 2.72. The van der Waals surface area contributed by atoms with Gasteiger partial charge in [0.15, 0.2) is 0 Å². The van der Waals surface area contributed by atoms with E-state index in [4.69, 9.17) is 5.73 Å². The standard InChI is InChI=1S/C13H20N2/c1-10-4-2-3-5-13(10)15-12-8-6-11(14)7-9-12/h2-5,11-12,15H,6-9,14H2,1H3. The van der Waals surface area contributed by atoms with Gasteiger partial charge in [0.1, 0.15) is 0 Å². The van der Waals surface area contributed by atoms with Gasteiger partial charge in [0.2, 0.25) is 0 Å². The van der Waals surface area contributed by atoms with Gasteiger partial charge in [0.05, 0.1) is 0 Å². The molecule has 1 fully saturated rings. The molecule has 0 saturated heterocycles. The van der Waals surface area contributed by atoms with Crippen molar-refractivity contribution >= 4 is 5.69 Å². The molecular weight excluding hydrogens is 184 g/mol. The molecule has 0 unspecified atom stereocenters. The lowest BCUT2D eigenvalue weighted by Gasteiger charge is -2.28. The second-order valence-electron chi connectivity index (χ2n) is 4.57. The monoisotopic (exact) mass is 204 g/mol. The predicted octanol–water partition coefficient (Wildman–Crippen LogP) is 2.68. The number of anilines is 1. The van der Waals surface area contributed by atoms with Gasteiger partial charge >= 0.3 is 0 Å². The Labute approximate surface area is 91.9 Å². The van der Waals surface area contributed by atoms with E-state index in [9.17, 15) is 0 Å². The van der Waals surface area contributed by atoms with E-state index >= 15 is 0 Å². The quantitative estimate of drug-likeness (QED) is 0.777. The summed E-state index contributed by atoms with van der Waals surface area (Å²) in [7, 11) is 0. The largest absolute Gasteiger partial charge is 0.382 e. The number of hydrogen-bond acceptors (Lipinski definition) is 2. The summed E-state index contributed by atoms with van der Waals surface area (Å²) in [6.45, 7) is 2.15. The fourth-order valence-corrected chi connectivity index (χ4v) is 2.22. The Bertz CT molecular complexity index is 314. The van der Waals surface area contributed by atoms with Crippen molar-refractivity contribution in [3.63, 3.8) is 0 Å². The zero-order valence-corrected chi connectivity index (χ0v) is 9.37. The van der Waals surface area contributed by atoms with E-state index in [-0.39, 0.29) is 0 Å². The van der Waals surface area contributed by atoms with E-state index in [1.165, 1.54) is 24.1 Å². The number of nitrogens with one attached hydrogen (secondary N) is 1. The SMILES string of the molecule is Cc1ccccc1NC1CCC(N)CC1. The molecule has 2 rings (SSSR count). The van der Waals surface area contributed by atoms with Crippen LogP contribution in [0.25, 0.3) is 0 Å². The number of rotatable bonds is 2. The molecule has 1 aliphatic carbocycles. The van der Waals surface area contributed by atoms with Crippen LogP contribution in [0.4, 0.5) is 5.69 Å². The molecule has 1 aliphatic rings. The van der Waals surface area contributed by atoms with Crippen molar-refractivity contribution in [1.82, 2.24) is 0 Å². The summed E-state index contributed by atoms with van der Waals surface area (Å²) in [5.74, 6) is 0. The fraction of sp³-hybridized carbons (Fsp3) is 0.538. The zero-order valence-electron chi connectivity index (χ0n) is 9.37. The minimum atomic E-state index is 0.430. The van der Waals surface area contributed by atoms with E-state index in [1.54, 1.807) is 0 Å². The van der Waals surface area contributed by atoms with Crippen LogP contribution in [0, 0.1) is 6.92 Å². The van der Waals surface area contributed by atoms with Gasteiger partial charge in [-0.3, -0.25) is 0 Å². The first kappa shape index (κ1) is 10.5. The van der Waals surface area contributed by atoms with Crippen molar-refractivity contribution in [2.75, 3.05) is 5.32 Å². The number of nitrogens with two attached hydrogens (primary N) is 1. The van der Waals surface area contributed by atoms with Crippen LogP contribution in [0.2, 0.25) is 0 Å². The molecular formula is C13H20N2. The van der Waals surface area contributed by atoms with Crippen molar-refractivity contribution in [2.45, 2.75) is 44.7 Å². The lowest BCUT2D eigenvalue weighted by molar-refractivity contribution is 0.411. The van der Waals surface area contributed by atoms with E-state index in [2.05, 4.69) is 36.5 Å². The molecule has 15 heavy (non-hydrogen) atoms. The molecule has 0 heterocycles. The lowest BCUT2D eigenvalue weighted by atomic mass is 9.91. The summed E-state index contributed by atoms with van der Waals surface area (Å²) in [6.07, 6.45) is 4.72. The maximum atomic E-state index is 5.89. The third-order valence-electron chi connectivity index (χ3n) is 3.28. The second kappa shape index (κ2) is 4.67. The number of para-hydroxylation sites is 1. The van der Waals surface area contributed by atoms with Crippen LogP contribution in [0.5, 0.6) is 0 Å². The molecule has 1 aromatic rings. The van der Waals surface area contributed by atoms with Gasteiger partial charge in [-0.25, -0.2) is 0 Å². The Balaban J connectivity index is 1.95. The van der Waals surface area contributed by atoms with Crippen LogP contribution in [-0.4, -0.2) is 12.1 Å². The van der Waals surface area contributed by atoms with E-state index in [0.29, 0.717) is 12.1 Å².